The van der Waals surface area contributed by atoms with Gasteiger partial charge in [-0.25, -0.2) is 13.1 Å². The van der Waals surface area contributed by atoms with Gasteiger partial charge in [-0.15, -0.1) is 0 Å². The molecule has 0 amide bonds. The Kier molecular flexibility index (Phi) is 6.41. The number of benzene rings is 1. The molecule has 0 radical (unpaired) electrons. The molecule has 0 spiro atoms. The van der Waals surface area contributed by atoms with Gasteiger partial charge < -0.3 is 9.47 Å². The molecule has 1 N–H and O–H groups in total. The number of sulfonamides is 1. The summed E-state index contributed by atoms with van der Waals surface area (Å²) >= 11 is 0. The van der Waals surface area contributed by atoms with E-state index in [1.165, 1.54) is 0 Å². The van der Waals surface area contributed by atoms with Crippen LogP contribution < -0.4 is 9.46 Å². The molecule has 0 atom stereocenters. The van der Waals surface area contributed by atoms with Crippen molar-refractivity contribution < 1.29 is 17.9 Å². The van der Waals surface area contributed by atoms with E-state index in [9.17, 15) is 8.42 Å². The molecule has 0 aromatic heterocycles. The molecule has 0 unspecified atom stereocenters. The molecule has 1 heterocycles. The Morgan fingerprint density at radius 1 is 1.22 bits per heavy atom. The Hall–Kier alpha value is -1.15. The molecule has 6 nitrogen and oxygen atoms in total. The van der Waals surface area contributed by atoms with E-state index in [4.69, 9.17) is 9.47 Å². The van der Waals surface area contributed by atoms with Crippen LogP contribution in [0.1, 0.15) is 18.1 Å². The van der Waals surface area contributed by atoms with Crippen LogP contribution in [0.15, 0.2) is 17.0 Å². The lowest BCUT2D eigenvalue weighted by molar-refractivity contribution is 0.0390. The molecule has 1 saturated heterocycles. The van der Waals surface area contributed by atoms with Crippen LogP contribution >= 0.6 is 0 Å². The molecule has 0 bridgehead atoms. The highest BCUT2D eigenvalue weighted by Gasteiger charge is 2.20. The van der Waals surface area contributed by atoms with Gasteiger partial charge in [0, 0.05) is 26.2 Å². The molecular formula is C16H26N2O4S. The van der Waals surface area contributed by atoms with E-state index in [0.29, 0.717) is 37.8 Å². The summed E-state index contributed by atoms with van der Waals surface area (Å²) in [5.41, 5.74) is 1.60. The number of nitrogens with one attached hydrogen (secondary N) is 1. The monoisotopic (exact) mass is 342 g/mol. The predicted octanol–water partition coefficient (Wildman–Crippen LogP) is 1.31. The van der Waals surface area contributed by atoms with Crippen molar-refractivity contribution in [1.82, 2.24) is 9.62 Å². The number of nitrogens with zero attached hydrogens (tertiary/aromatic N) is 1. The van der Waals surface area contributed by atoms with Gasteiger partial charge in [0.25, 0.3) is 0 Å². The van der Waals surface area contributed by atoms with E-state index in [1.54, 1.807) is 12.1 Å². The first-order chi connectivity index (χ1) is 11.0. The van der Waals surface area contributed by atoms with Crippen LogP contribution in [0.4, 0.5) is 0 Å². The van der Waals surface area contributed by atoms with Crippen molar-refractivity contribution in [2.75, 3.05) is 46.0 Å². The fourth-order valence-corrected chi connectivity index (χ4v) is 3.93. The van der Waals surface area contributed by atoms with Crippen molar-refractivity contribution >= 4 is 10.0 Å². The molecule has 23 heavy (non-hydrogen) atoms. The standard InChI is InChI=1S/C16H26N2O4S/c1-4-22-15-5-6-16(14(3)13(15)2)23(19,20)17-7-8-18-9-11-21-12-10-18/h5-6,17H,4,7-12H2,1-3H3. The summed E-state index contributed by atoms with van der Waals surface area (Å²) in [4.78, 5) is 2.52. The molecule has 0 aliphatic carbocycles. The maximum Gasteiger partial charge on any atom is 0.240 e. The van der Waals surface area contributed by atoms with Crippen molar-refractivity contribution in [2.24, 2.45) is 0 Å². The zero-order chi connectivity index (χ0) is 16.9. The van der Waals surface area contributed by atoms with Gasteiger partial charge in [0.05, 0.1) is 24.7 Å². The molecule has 130 valence electrons. The Balaban J connectivity index is 2.02. The lowest BCUT2D eigenvalue weighted by Crippen LogP contribution is -2.41. The van der Waals surface area contributed by atoms with E-state index >= 15 is 0 Å². The van der Waals surface area contributed by atoms with Gasteiger partial charge in [0.15, 0.2) is 0 Å². The molecule has 0 saturated carbocycles. The number of hydrogen-bond donors (Lipinski definition) is 1. The van der Waals surface area contributed by atoms with Crippen LogP contribution in [0.5, 0.6) is 5.75 Å². The maximum atomic E-state index is 12.5. The summed E-state index contributed by atoms with van der Waals surface area (Å²) in [5.74, 6) is 0.734. The third kappa shape index (κ3) is 4.67. The van der Waals surface area contributed by atoms with Crippen LogP contribution in [0, 0.1) is 13.8 Å². The summed E-state index contributed by atoms with van der Waals surface area (Å²) in [6.07, 6.45) is 0. The normalized spacial score (nSPS) is 16.5. The summed E-state index contributed by atoms with van der Waals surface area (Å²) in [5, 5.41) is 0. The molecule has 1 aromatic carbocycles. The van der Waals surface area contributed by atoms with Gasteiger partial charge in [-0.3, -0.25) is 4.90 Å². The minimum absolute atomic E-state index is 0.320. The van der Waals surface area contributed by atoms with Crippen molar-refractivity contribution in [1.29, 1.82) is 0 Å². The van der Waals surface area contributed by atoms with E-state index in [1.807, 2.05) is 20.8 Å². The average molecular weight is 342 g/mol. The number of morpholine rings is 1. The SMILES string of the molecule is CCOc1ccc(S(=O)(=O)NCCN2CCOCC2)c(C)c1C. The molecule has 1 aliphatic rings. The van der Waals surface area contributed by atoms with E-state index in [0.717, 1.165) is 30.0 Å². The van der Waals surface area contributed by atoms with Gasteiger partial charge in [-0.05, 0) is 44.0 Å². The maximum absolute atomic E-state index is 12.5. The predicted molar refractivity (Wildman–Crippen MR) is 89.5 cm³/mol. The van der Waals surface area contributed by atoms with Gasteiger partial charge in [0.1, 0.15) is 5.75 Å². The summed E-state index contributed by atoms with van der Waals surface area (Å²) in [6, 6.07) is 3.34. The lowest BCUT2D eigenvalue weighted by Gasteiger charge is -2.26. The minimum Gasteiger partial charge on any atom is -0.494 e. The Bertz CT molecular complexity index is 625. The fraction of sp³-hybridized carbons (Fsp3) is 0.625. The number of ether oxygens (including phenoxy) is 2. The van der Waals surface area contributed by atoms with Crippen molar-refractivity contribution in [3.05, 3.63) is 23.3 Å². The third-order valence-corrected chi connectivity index (χ3v) is 5.71. The summed E-state index contributed by atoms with van der Waals surface area (Å²) in [6.45, 7) is 10.4. The van der Waals surface area contributed by atoms with Crippen molar-refractivity contribution in [3.63, 3.8) is 0 Å². The van der Waals surface area contributed by atoms with Gasteiger partial charge in [-0.2, -0.15) is 0 Å². The first-order valence-electron chi connectivity index (χ1n) is 7.98. The highest BCUT2D eigenvalue weighted by atomic mass is 32.2. The smallest absolute Gasteiger partial charge is 0.240 e. The van der Waals surface area contributed by atoms with E-state index < -0.39 is 10.0 Å². The highest BCUT2D eigenvalue weighted by molar-refractivity contribution is 7.89. The second kappa shape index (κ2) is 8.10. The van der Waals surface area contributed by atoms with Gasteiger partial charge >= 0.3 is 0 Å². The second-order valence-corrected chi connectivity index (χ2v) is 7.33. The molecule has 1 aliphatic heterocycles. The number of hydrogen-bond acceptors (Lipinski definition) is 5. The topological polar surface area (TPSA) is 67.9 Å². The molecule has 7 heteroatoms. The molecule has 2 rings (SSSR count). The van der Waals surface area contributed by atoms with E-state index in [-0.39, 0.29) is 0 Å². The molecular weight excluding hydrogens is 316 g/mol. The van der Waals surface area contributed by atoms with Crippen LogP contribution in [0.25, 0.3) is 0 Å². The fourth-order valence-electron chi connectivity index (χ4n) is 2.61. The largest absolute Gasteiger partial charge is 0.494 e. The zero-order valence-electron chi connectivity index (χ0n) is 14.1. The summed E-state index contributed by atoms with van der Waals surface area (Å²) in [7, 11) is -3.51. The second-order valence-electron chi connectivity index (χ2n) is 5.60. The van der Waals surface area contributed by atoms with Gasteiger partial charge in [0.2, 0.25) is 10.0 Å². The number of rotatable bonds is 7. The van der Waals surface area contributed by atoms with Gasteiger partial charge in [-0.1, -0.05) is 0 Å². The van der Waals surface area contributed by atoms with Crippen molar-refractivity contribution in [3.8, 4) is 5.75 Å². The third-order valence-electron chi connectivity index (χ3n) is 4.10. The van der Waals surface area contributed by atoms with Crippen molar-refractivity contribution in [2.45, 2.75) is 25.7 Å². The quantitative estimate of drug-likeness (QED) is 0.809. The van der Waals surface area contributed by atoms with E-state index in [2.05, 4.69) is 9.62 Å². The first kappa shape index (κ1) is 18.2. The van der Waals surface area contributed by atoms with Crippen LogP contribution in [0.3, 0.4) is 0 Å². The Morgan fingerprint density at radius 2 is 1.91 bits per heavy atom. The average Bonchev–Trinajstić information content (AvgIpc) is 2.53. The van der Waals surface area contributed by atoms with Crippen LogP contribution in [-0.2, 0) is 14.8 Å². The Labute approximate surface area is 138 Å². The molecule has 1 aromatic rings. The van der Waals surface area contributed by atoms with Crippen LogP contribution in [0.2, 0.25) is 0 Å². The van der Waals surface area contributed by atoms with Crippen LogP contribution in [-0.4, -0.2) is 59.3 Å². The minimum atomic E-state index is -3.51. The lowest BCUT2D eigenvalue weighted by atomic mass is 10.1. The first-order valence-corrected chi connectivity index (χ1v) is 9.46. The Morgan fingerprint density at radius 3 is 2.57 bits per heavy atom. The molecule has 1 fully saturated rings. The highest BCUT2D eigenvalue weighted by Crippen LogP contribution is 2.26. The summed E-state index contributed by atoms with van der Waals surface area (Å²) < 4.78 is 38.5. The zero-order valence-corrected chi connectivity index (χ0v) is 14.9.